The van der Waals surface area contributed by atoms with Gasteiger partial charge in [0, 0.05) is 12.7 Å². The number of hydrogen-bond acceptors (Lipinski definition) is 2. The summed E-state index contributed by atoms with van der Waals surface area (Å²) in [5.41, 5.74) is 3.15. The van der Waals surface area contributed by atoms with E-state index in [9.17, 15) is 0 Å². The van der Waals surface area contributed by atoms with E-state index < -0.39 is 0 Å². The maximum atomic E-state index is 6.22. The van der Waals surface area contributed by atoms with Crippen molar-refractivity contribution in [3.63, 3.8) is 0 Å². The van der Waals surface area contributed by atoms with Gasteiger partial charge in [0.05, 0.1) is 5.38 Å². The minimum atomic E-state index is -0.0673. The number of halogens is 1. The van der Waals surface area contributed by atoms with Crippen molar-refractivity contribution in [1.29, 1.82) is 0 Å². The quantitative estimate of drug-likeness (QED) is 0.780. The molecule has 0 radical (unpaired) electrons. The second-order valence-corrected chi connectivity index (χ2v) is 5.59. The van der Waals surface area contributed by atoms with Crippen molar-refractivity contribution in [2.45, 2.75) is 38.6 Å². The largest absolute Gasteiger partial charge is 0.311 e. The summed E-state index contributed by atoms with van der Waals surface area (Å²) in [6.45, 7) is 5.06. The maximum Gasteiger partial charge on any atom is 0.160 e. The lowest BCUT2D eigenvalue weighted by Crippen LogP contribution is -2.06. The Morgan fingerprint density at radius 2 is 2.29 bits per heavy atom. The molecular weight excluding hydrogens is 234 g/mol. The predicted octanol–water partition coefficient (Wildman–Crippen LogP) is 3.45. The average molecular weight is 250 g/mol. The number of hydrogen-bond donors (Lipinski definition) is 0. The van der Waals surface area contributed by atoms with Crippen LogP contribution in [0.25, 0.3) is 11.2 Å². The van der Waals surface area contributed by atoms with Gasteiger partial charge in [-0.2, -0.15) is 0 Å². The van der Waals surface area contributed by atoms with E-state index in [1.807, 2.05) is 19.2 Å². The smallest absolute Gasteiger partial charge is 0.160 e. The van der Waals surface area contributed by atoms with Crippen LogP contribution in [0.4, 0.5) is 0 Å². The van der Waals surface area contributed by atoms with Gasteiger partial charge in [0.15, 0.2) is 5.65 Å². The van der Waals surface area contributed by atoms with Gasteiger partial charge in [-0.3, -0.25) is 0 Å². The Kier molecular flexibility index (Phi) is 2.58. The van der Waals surface area contributed by atoms with Crippen LogP contribution in [0.2, 0.25) is 0 Å². The number of alkyl halides is 1. The van der Waals surface area contributed by atoms with Gasteiger partial charge < -0.3 is 4.57 Å². The zero-order valence-electron chi connectivity index (χ0n) is 10.2. The Balaban J connectivity index is 2.19. The van der Waals surface area contributed by atoms with E-state index in [2.05, 4.69) is 21.5 Å². The van der Waals surface area contributed by atoms with Gasteiger partial charge in [-0.25, -0.2) is 9.97 Å². The molecule has 1 atom stereocenters. The van der Waals surface area contributed by atoms with Crippen LogP contribution in [0.1, 0.15) is 36.5 Å². The first-order valence-corrected chi connectivity index (χ1v) is 6.56. The lowest BCUT2D eigenvalue weighted by atomic mass is 10.3. The standard InChI is InChI=1S/C13H16ClN3/c1-8-5-6-15-13-11(8)16-12(9(2)14)17(13)7-10-3-4-10/h5-6,9-10H,3-4,7H2,1-2H3. The van der Waals surface area contributed by atoms with Crippen LogP contribution >= 0.6 is 11.6 Å². The molecule has 0 N–H and O–H groups in total. The molecule has 1 aliphatic rings. The highest BCUT2D eigenvalue weighted by molar-refractivity contribution is 6.20. The van der Waals surface area contributed by atoms with Crippen LogP contribution in [-0.4, -0.2) is 14.5 Å². The van der Waals surface area contributed by atoms with Crippen molar-refractivity contribution in [3.05, 3.63) is 23.7 Å². The normalized spacial score (nSPS) is 17.6. The highest BCUT2D eigenvalue weighted by Gasteiger charge is 2.26. The van der Waals surface area contributed by atoms with Gasteiger partial charge in [-0.15, -0.1) is 11.6 Å². The van der Waals surface area contributed by atoms with Crippen LogP contribution in [-0.2, 0) is 6.54 Å². The SMILES string of the molecule is Cc1ccnc2c1nc(C(C)Cl)n2CC1CC1. The van der Waals surface area contributed by atoms with E-state index in [0.29, 0.717) is 0 Å². The van der Waals surface area contributed by atoms with Crippen LogP contribution in [0.15, 0.2) is 12.3 Å². The fourth-order valence-corrected chi connectivity index (χ4v) is 2.36. The van der Waals surface area contributed by atoms with Gasteiger partial charge in [-0.1, -0.05) is 0 Å². The summed E-state index contributed by atoms with van der Waals surface area (Å²) in [6, 6.07) is 2.00. The van der Waals surface area contributed by atoms with Crippen molar-refractivity contribution in [3.8, 4) is 0 Å². The summed E-state index contributed by atoms with van der Waals surface area (Å²) in [5.74, 6) is 1.75. The molecule has 1 saturated carbocycles. The summed E-state index contributed by atoms with van der Waals surface area (Å²) in [6.07, 6.45) is 4.49. The molecule has 90 valence electrons. The van der Waals surface area contributed by atoms with Crippen LogP contribution < -0.4 is 0 Å². The molecule has 1 unspecified atom stereocenters. The number of fused-ring (bicyclic) bond motifs is 1. The van der Waals surface area contributed by atoms with Crippen LogP contribution in [0, 0.1) is 12.8 Å². The molecule has 2 aromatic heterocycles. The van der Waals surface area contributed by atoms with Crippen molar-refractivity contribution in [2.75, 3.05) is 0 Å². The van der Waals surface area contributed by atoms with Crippen molar-refractivity contribution in [1.82, 2.24) is 14.5 Å². The van der Waals surface area contributed by atoms with E-state index in [1.54, 1.807) is 0 Å². The number of nitrogens with zero attached hydrogens (tertiary/aromatic N) is 3. The van der Waals surface area contributed by atoms with Gasteiger partial charge in [0.2, 0.25) is 0 Å². The molecule has 2 heterocycles. The van der Waals surface area contributed by atoms with E-state index in [4.69, 9.17) is 11.6 Å². The summed E-state index contributed by atoms with van der Waals surface area (Å²) < 4.78 is 2.21. The monoisotopic (exact) mass is 249 g/mol. The maximum absolute atomic E-state index is 6.22. The molecule has 0 aliphatic heterocycles. The van der Waals surface area contributed by atoms with E-state index in [-0.39, 0.29) is 5.38 Å². The Labute approximate surface area is 106 Å². The Morgan fingerprint density at radius 3 is 2.94 bits per heavy atom. The number of aromatic nitrogens is 3. The molecule has 0 aromatic carbocycles. The van der Waals surface area contributed by atoms with Crippen molar-refractivity contribution < 1.29 is 0 Å². The molecule has 3 rings (SSSR count). The number of imidazole rings is 1. The van der Waals surface area contributed by atoms with Gasteiger partial charge in [-0.05, 0) is 44.2 Å². The number of aryl methyl sites for hydroxylation is 1. The Bertz CT molecular complexity index is 555. The summed E-state index contributed by atoms with van der Waals surface area (Å²) in [7, 11) is 0. The molecule has 1 aliphatic carbocycles. The van der Waals surface area contributed by atoms with E-state index in [0.717, 1.165) is 29.5 Å². The average Bonchev–Trinajstić information content (AvgIpc) is 3.01. The first-order valence-electron chi connectivity index (χ1n) is 6.12. The summed E-state index contributed by atoms with van der Waals surface area (Å²) in [5, 5.41) is -0.0673. The van der Waals surface area contributed by atoms with Gasteiger partial charge in [0.25, 0.3) is 0 Å². The predicted molar refractivity (Wildman–Crippen MR) is 69.3 cm³/mol. The summed E-state index contributed by atoms with van der Waals surface area (Å²) >= 11 is 6.22. The third-order valence-corrected chi connectivity index (χ3v) is 3.55. The molecule has 17 heavy (non-hydrogen) atoms. The molecule has 3 nitrogen and oxygen atoms in total. The molecular formula is C13H16ClN3. The molecule has 0 amide bonds. The van der Waals surface area contributed by atoms with Crippen LogP contribution in [0.5, 0.6) is 0 Å². The first kappa shape index (κ1) is 11.0. The highest BCUT2D eigenvalue weighted by Crippen LogP contribution is 2.34. The molecule has 0 bridgehead atoms. The van der Waals surface area contributed by atoms with Crippen molar-refractivity contribution >= 4 is 22.8 Å². The second-order valence-electron chi connectivity index (χ2n) is 4.94. The highest BCUT2D eigenvalue weighted by atomic mass is 35.5. The van der Waals surface area contributed by atoms with Gasteiger partial charge >= 0.3 is 0 Å². The Hall–Kier alpha value is -1.09. The molecule has 0 saturated heterocycles. The van der Waals surface area contributed by atoms with Crippen LogP contribution in [0.3, 0.4) is 0 Å². The third-order valence-electron chi connectivity index (χ3n) is 3.36. The van der Waals surface area contributed by atoms with Crippen molar-refractivity contribution in [2.24, 2.45) is 5.92 Å². The molecule has 1 fully saturated rings. The third kappa shape index (κ3) is 1.93. The molecule has 0 spiro atoms. The minimum absolute atomic E-state index is 0.0673. The second kappa shape index (κ2) is 3.98. The minimum Gasteiger partial charge on any atom is -0.311 e. The fraction of sp³-hybridized carbons (Fsp3) is 0.538. The molecule has 4 heteroatoms. The number of rotatable bonds is 3. The fourth-order valence-electron chi connectivity index (χ4n) is 2.20. The number of pyridine rings is 1. The molecule has 2 aromatic rings. The van der Waals surface area contributed by atoms with E-state index >= 15 is 0 Å². The first-order chi connectivity index (χ1) is 8.16. The topological polar surface area (TPSA) is 30.7 Å². The lowest BCUT2D eigenvalue weighted by molar-refractivity contribution is 0.606. The zero-order chi connectivity index (χ0) is 12.0. The summed E-state index contributed by atoms with van der Waals surface area (Å²) in [4.78, 5) is 9.13. The van der Waals surface area contributed by atoms with E-state index in [1.165, 1.54) is 18.4 Å². The zero-order valence-corrected chi connectivity index (χ0v) is 10.9. The van der Waals surface area contributed by atoms with Gasteiger partial charge in [0.1, 0.15) is 11.3 Å². The lowest BCUT2D eigenvalue weighted by Gasteiger charge is -2.08. The Morgan fingerprint density at radius 1 is 1.53 bits per heavy atom.